The number of aromatic nitrogens is 1. The van der Waals surface area contributed by atoms with E-state index in [0.717, 1.165) is 51.6 Å². The number of hydrogen-bond donors (Lipinski definition) is 1. The second-order valence-electron chi connectivity index (χ2n) is 7.10. The molecule has 1 N–H and O–H groups in total. The molecule has 1 aromatic rings. The molecule has 0 aromatic carbocycles. The van der Waals surface area contributed by atoms with Gasteiger partial charge in [0.05, 0.1) is 6.04 Å². The second kappa shape index (κ2) is 7.49. The van der Waals surface area contributed by atoms with Crippen LogP contribution in [0.15, 0.2) is 18.3 Å². The van der Waals surface area contributed by atoms with Gasteiger partial charge in [0.15, 0.2) is 0 Å². The van der Waals surface area contributed by atoms with Crippen LogP contribution in [-0.4, -0.2) is 78.6 Å². The summed E-state index contributed by atoms with van der Waals surface area (Å²) in [5.41, 5.74) is 1.17. The highest BCUT2D eigenvalue weighted by molar-refractivity contribution is 5.82. The monoisotopic (exact) mass is 331 g/mol. The lowest BCUT2D eigenvalue weighted by Gasteiger charge is -2.40. The molecule has 0 spiro atoms. The molecule has 3 rings (SSSR count). The zero-order chi connectivity index (χ0) is 17.1. The van der Waals surface area contributed by atoms with Crippen LogP contribution in [0.2, 0.25) is 0 Å². The van der Waals surface area contributed by atoms with Crippen LogP contribution in [0.3, 0.4) is 0 Å². The van der Waals surface area contributed by atoms with Crippen LogP contribution >= 0.6 is 0 Å². The van der Waals surface area contributed by atoms with Gasteiger partial charge in [-0.2, -0.15) is 0 Å². The summed E-state index contributed by atoms with van der Waals surface area (Å²) >= 11 is 0. The van der Waals surface area contributed by atoms with E-state index in [1.54, 1.807) is 0 Å². The van der Waals surface area contributed by atoms with Crippen molar-refractivity contribution in [2.45, 2.75) is 32.9 Å². The molecule has 132 valence electrons. The highest BCUT2D eigenvalue weighted by Crippen LogP contribution is 2.15. The number of amides is 1. The Balaban J connectivity index is 1.54. The number of anilines is 1. The summed E-state index contributed by atoms with van der Waals surface area (Å²) in [7, 11) is 0. The first kappa shape index (κ1) is 17.2. The zero-order valence-electron chi connectivity index (χ0n) is 15.0. The van der Waals surface area contributed by atoms with Gasteiger partial charge in [-0.1, -0.05) is 6.07 Å². The molecule has 1 atom stereocenters. The maximum absolute atomic E-state index is 12.8. The van der Waals surface area contributed by atoms with Crippen molar-refractivity contribution in [2.24, 2.45) is 0 Å². The maximum atomic E-state index is 12.8. The minimum atomic E-state index is -0.0646. The number of carbonyl (C=O) groups is 1. The van der Waals surface area contributed by atoms with Crippen molar-refractivity contribution in [3.63, 3.8) is 0 Å². The SMILES string of the molecule is Cc1ccc(N2CCN(C(=O)[C@H]3CN(C(C)C)CCN3)CC2)nc1. The van der Waals surface area contributed by atoms with E-state index in [9.17, 15) is 4.79 Å². The molecule has 2 aliphatic heterocycles. The molecule has 2 saturated heterocycles. The van der Waals surface area contributed by atoms with Crippen molar-refractivity contribution >= 4 is 11.7 Å². The Morgan fingerprint density at radius 1 is 1.21 bits per heavy atom. The molecule has 3 heterocycles. The van der Waals surface area contributed by atoms with Crippen LogP contribution < -0.4 is 10.2 Å². The Morgan fingerprint density at radius 3 is 2.58 bits per heavy atom. The van der Waals surface area contributed by atoms with Gasteiger partial charge in [0, 0.05) is 58.1 Å². The number of piperazine rings is 2. The summed E-state index contributed by atoms with van der Waals surface area (Å²) in [6.45, 7) is 12.4. The number of rotatable bonds is 3. The van der Waals surface area contributed by atoms with Crippen LogP contribution in [0.4, 0.5) is 5.82 Å². The standard InChI is InChI=1S/C18H29N5O/c1-14(2)23-7-6-19-16(13-23)18(24)22-10-8-21(9-11-22)17-5-4-15(3)12-20-17/h4-5,12,14,16,19H,6-11,13H2,1-3H3/t16-/m1/s1. The van der Waals surface area contributed by atoms with Gasteiger partial charge >= 0.3 is 0 Å². The molecule has 6 heteroatoms. The van der Waals surface area contributed by atoms with E-state index in [-0.39, 0.29) is 11.9 Å². The molecule has 1 amide bonds. The third-order valence-corrected chi connectivity index (χ3v) is 5.05. The fraction of sp³-hybridized carbons (Fsp3) is 0.667. The molecule has 1 aromatic heterocycles. The minimum Gasteiger partial charge on any atom is -0.353 e. The quantitative estimate of drug-likeness (QED) is 0.885. The van der Waals surface area contributed by atoms with Gasteiger partial charge in [0.2, 0.25) is 5.91 Å². The minimum absolute atomic E-state index is 0.0646. The van der Waals surface area contributed by atoms with Crippen molar-refractivity contribution in [3.05, 3.63) is 23.9 Å². The van der Waals surface area contributed by atoms with Gasteiger partial charge in [-0.05, 0) is 32.4 Å². The second-order valence-corrected chi connectivity index (χ2v) is 7.10. The van der Waals surface area contributed by atoms with E-state index >= 15 is 0 Å². The Labute approximate surface area is 144 Å². The largest absolute Gasteiger partial charge is 0.353 e. The molecular weight excluding hydrogens is 302 g/mol. The summed E-state index contributed by atoms with van der Waals surface area (Å²) in [6, 6.07) is 4.58. The van der Waals surface area contributed by atoms with Gasteiger partial charge in [0.1, 0.15) is 5.82 Å². The number of carbonyl (C=O) groups excluding carboxylic acids is 1. The zero-order valence-corrected chi connectivity index (χ0v) is 15.0. The van der Waals surface area contributed by atoms with Crippen molar-refractivity contribution in [1.82, 2.24) is 20.1 Å². The number of hydrogen-bond acceptors (Lipinski definition) is 5. The lowest BCUT2D eigenvalue weighted by molar-refractivity contribution is -0.135. The van der Waals surface area contributed by atoms with Crippen molar-refractivity contribution in [2.75, 3.05) is 50.7 Å². The van der Waals surface area contributed by atoms with Crippen LogP contribution in [0.1, 0.15) is 19.4 Å². The summed E-state index contributed by atoms with van der Waals surface area (Å²) in [6.07, 6.45) is 1.90. The summed E-state index contributed by atoms with van der Waals surface area (Å²) < 4.78 is 0. The number of nitrogens with zero attached hydrogens (tertiary/aromatic N) is 4. The first-order valence-corrected chi connectivity index (χ1v) is 8.98. The van der Waals surface area contributed by atoms with Crippen LogP contribution in [0.5, 0.6) is 0 Å². The van der Waals surface area contributed by atoms with E-state index in [1.807, 2.05) is 18.0 Å². The number of aryl methyl sites for hydroxylation is 1. The molecule has 0 radical (unpaired) electrons. The van der Waals surface area contributed by atoms with Gasteiger partial charge in [-0.25, -0.2) is 4.98 Å². The van der Waals surface area contributed by atoms with E-state index in [1.165, 1.54) is 5.56 Å². The third-order valence-electron chi connectivity index (χ3n) is 5.05. The van der Waals surface area contributed by atoms with Crippen LogP contribution in [-0.2, 0) is 4.79 Å². The highest BCUT2D eigenvalue weighted by Gasteiger charge is 2.31. The van der Waals surface area contributed by atoms with E-state index in [2.05, 4.69) is 46.1 Å². The van der Waals surface area contributed by atoms with E-state index < -0.39 is 0 Å². The lowest BCUT2D eigenvalue weighted by atomic mass is 10.1. The van der Waals surface area contributed by atoms with Gasteiger partial charge in [0.25, 0.3) is 0 Å². The molecular formula is C18H29N5O. The maximum Gasteiger partial charge on any atom is 0.241 e. The number of nitrogens with one attached hydrogen (secondary N) is 1. The van der Waals surface area contributed by atoms with Crippen LogP contribution in [0, 0.1) is 6.92 Å². The molecule has 6 nitrogen and oxygen atoms in total. The first-order chi connectivity index (χ1) is 11.5. The van der Waals surface area contributed by atoms with Crippen LogP contribution in [0.25, 0.3) is 0 Å². The average Bonchev–Trinajstić information content (AvgIpc) is 2.62. The lowest BCUT2D eigenvalue weighted by Crippen LogP contribution is -2.61. The fourth-order valence-electron chi connectivity index (χ4n) is 3.43. The predicted octanol–water partition coefficient (Wildman–Crippen LogP) is 0.721. The van der Waals surface area contributed by atoms with Gasteiger partial charge in [-0.3, -0.25) is 9.69 Å². The molecule has 0 bridgehead atoms. The summed E-state index contributed by atoms with van der Waals surface area (Å²) in [5, 5.41) is 3.39. The Kier molecular flexibility index (Phi) is 5.36. The summed E-state index contributed by atoms with van der Waals surface area (Å²) in [5.74, 6) is 1.26. The fourth-order valence-corrected chi connectivity index (χ4v) is 3.43. The predicted molar refractivity (Wildman–Crippen MR) is 96.3 cm³/mol. The molecule has 0 aliphatic carbocycles. The molecule has 2 aliphatic rings. The van der Waals surface area contributed by atoms with E-state index in [4.69, 9.17) is 0 Å². The summed E-state index contributed by atoms with van der Waals surface area (Å²) in [4.78, 5) is 24.0. The molecule has 0 unspecified atom stereocenters. The smallest absolute Gasteiger partial charge is 0.241 e. The van der Waals surface area contributed by atoms with Gasteiger partial charge in [-0.15, -0.1) is 0 Å². The highest BCUT2D eigenvalue weighted by atomic mass is 16.2. The molecule has 0 saturated carbocycles. The third kappa shape index (κ3) is 3.87. The van der Waals surface area contributed by atoms with Crippen molar-refractivity contribution in [3.8, 4) is 0 Å². The van der Waals surface area contributed by atoms with E-state index in [0.29, 0.717) is 6.04 Å². The Hall–Kier alpha value is -1.66. The number of pyridine rings is 1. The average molecular weight is 331 g/mol. The molecule has 2 fully saturated rings. The molecule has 24 heavy (non-hydrogen) atoms. The Bertz CT molecular complexity index is 551. The van der Waals surface area contributed by atoms with Crippen molar-refractivity contribution in [1.29, 1.82) is 0 Å². The van der Waals surface area contributed by atoms with Crippen molar-refractivity contribution < 1.29 is 4.79 Å². The normalized spacial score (nSPS) is 22.9. The topological polar surface area (TPSA) is 51.7 Å². The Morgan fingerprint density at radius 2 is 1.96 bits per heavy atom. The first-order valence-electron chi connectivity index (χ1n) is 8.98. The van der Waals surface area contributed by atoms with Gasteiger partial charge < -0.3 is 15.1 Å².